The van der Waals surface area contributed by atoms with E-state index in [9.17, 15) is 4.79 Å². The molecule has 1 fully saturated rings. The summed E-state index contributed by atoms with van der Waals surface area (Å²) in [6.07, 6.45) is 3.81. The van der Waals surface area contributed by atoms with Crippen molar-refractivity contribution in [3.05, 3.63) is 17.0 Å². The van der Waals surface area contributed by atoms with Crippen LogP contribution in [0.1, 0.15) is 42.6 Å². The minimum absolute atomic E-state index is 0.155. The Balaban J connectivity index is 1.89. The molecular weight excluding hydrogens is 242 g/mol. The summed E-state index contributed by atoms with van der Waals surface area (Å²) >= 11 is 0. The summed E-state index contributed by atoms with van der Waals surface area (Å²) in [4.78, 5) is 11.1. The van der Waals surface area contributed by atoms with E-state index in [0.29, 0.717) is 12.5 Å². The van der Waals surface area contributed by atoms with Gasteiger partial charge in [0.05, 0.1) is 12.8 Å². The standard InChI is InChI=1S/C14H23N3O2/c1-10-13(9-15-12-6-7-12)11(2)17(16-10)8-4-5-14(18)19-3/h12,15H,4-9H2,1-3H3. The maximum Gasteiger partial charge on any atom is 0.305 e. The first kappa shape index (κ1) is 14.1. The van der Waals surface area contributed by atoms with Gasteiger partial charge in [0.2, 0.25) is 0 Å². The number of methoxy groups -OCH3 is 1. The molecule has 0 aromatic carbocycles. The predicted octanol–water partition coefficient (Wildman–Crippen LogP) is 1.71. The fraction of sp³-hybridized carbons (Fsp3) is 0.714. The van der Waals surface area contributed by atoms with E-state index in [1.54, 1.807) is 0 Å². The first-order valence-corrected chi connectivity index (χ1v) is 6.95. The zero-order chi connectivity index (χ0) is 13.8. The third kappa shape index (κ3) is 3.80. The molecule has 0 radical (unpaired) electrons. The Morgan fingerprint density at radius 2 is 2.21 bits per heavy atom. The van der Waals surface area contributed by atoms with Crippen molar-refractivity contribution in [1.82, 2.24) is 15.1 Å². The van der Waals surface area contributed by atoms with Crippen LogP contribution in [-0.4, -0.2) is 28.9 Å². The topological polar surface area (TPSA) is 56.2 Å². The molecule has 5 nitrogen and oxygen atoms in total. The number of carbonyl (C=O) groups excluding carboxylic acids is 1. The van der Waals surface area contributed by atoms with Crippen molar-refractivity contribution in [2.45, 2.75) is 58.7 Å². The largest absolute Gasteiger partial charge is 0.469 e. The summed E-state index contributed by atoms with van der Waals surface area (Å²) < 4.78 is 6.64. The van der Waals surface area contributed by atoms with Crippen molar-refractivity contribution >= 4 is 5.97 Å². The summed E-state index contributed by atoms with van der Waals surface area (Å²) in [5, 5.41) is 8.08. The van der Waals surface area contributed by atoms with Crippen LogP contribution in [0, 0.1) is 13.8 Å². The van der Waals surface area contributed by atoms with E-state index in [1.165, 1.54) is 31.2 Å². The summed E-state index contributed by atoms with van der Waals surface area (Å²) in [5.74, 6) is -0.155. The Morgan fingerprint density at radius 3 is 2.84 bits per heavy atom. The number of ether oxygens (including phenoxy) is 1. The molecule has 0 unspecified atom stereocenters. The lowest BCUT2D eigenvalue weighted by Crippen LogP contribution is -2.16. The average molecular weight is 265 g/mol. The first-order valence-electron chi connectivity index (χ1n) is 6.95. The maximum atomic E-state index is 11.1. The summed E-state index contributed by atoms with van der Waals surface area (Å²) in [5.41, 5.74) is 3.59. The molecule has 1 N–H and O–H groups in total. The minimum atomic E-state index is -0.155. The number of aryl methyl sites for hydroxylation is 2. The van der Waals surface area contributed by atoms with Gasteiger partial charge >= 0.3 is 5.97 Å². The van der Waals surface area contributed by atoms with Crippen molar-refractivity contribution in [1.29, 1.82) is 0 Å². The van der Waals surface area contributed by atoms with Crippen LogP contribution in [-0.2, 0) is 22.6 Å². The van der Waals surface area contributed by atoms with Gasteiger partial charge in [0.1, 0.15) is 0 Å². The Kier molecular flexibility index (Phi) is 4.58. The highest BCUT2D eigenvalue weighted by Gasteiger charge is 2.21. The van der Waals surface area contributed by atoms with E-state index < -0.39 is 0 Å². The number of esters is 1. The van der Waals surface area contributed by atoms with Crippen molar-refractivity contribution in [3.8, 4) is 0 Å². The van der Waals surface area contributed by atoms with Gasteiger partial charge in [-0.25, -0.2) is 0 Å². The average Bonchev–Trinajstić information content (AvgIpc) is 3.17. The number of nitrogens with one attached hydrogen (secondary N) is 1. The molecule has 0 spiro atoms. The van der Waals surface area contributed by atoms with Gasteiger partial charge < -0.3 is 10.1 Å². The fourth-order valence-electron chi connectivity index (χ4n) is 2.22. The van der Waals surface area contributed by atoms with Crippen LogP contribution in [0.25, 0.3) is 0 Å². The Morgan fingerprint density at radius 1 is 1.47 bits per heavy atom. The van der Waals surface area contributed by atoms with Crippen molar-refractivity contribution < 1.29 is 9.53 Å². The van der Waals surface area contributed by atoms with Crippen molar-refractivity contribution in [2.24, 2.45) is 0 Å². The quantitative estimate of drug-likeness (QED) is 0.762. The van der Waals surface area contributed by atoms with Gasteiger partial charge in [0, 0.05) is 36.8 Å². The van der Waals surface area contributed by atoms with Crippen molar-refractivity contribution in [3.63, 3.8) is 0 Å². The molecule has 1 aliphatic carbocycles. The second-order valence-corrected chi connectivity index (χ2v) is 5.21. The van der Waals surface area contributed by atoms with Gasteiger partial charge in [0.25, 0.3) is 0 Å². The van der Waals surface area contributed by atoms with Crippen LogP contribution in [0.5, 0.6) is 0 Å². The van der Waals surface area contributed by atoms with Crippen molar-refractivity contribution in [2.75, 3.05) is 7.11 Å². The van der Waals surface area contributed by atoms with E-state index in [-0.39, 0.29) is 5.97 Å². The van der Waals surface area contributed by atoms with Gasteiger partial charge in [-0.15, -0.1) is 0 Å². The Bertz CT molecular complexity index is 450. The highest BCUT2D eigenvalue weighted by atomic mass is 16.5. The van der Waals surface area contributed by atoms with E-state index in [0.717, 1.165) is 25.2 Å². The van der Waals surface area contributed by atoms with Crippen LogP contribution in [0.3, 0.4) is 0 Å². The van der Waals surface area contributed by atoms with Crippen LogP contribution in [0.4, 0.5) is 0 Å². The van der Waals surface area contributed by atoms with Crippen LogP contribution in [0.15, 0.2) is 0 Å². The number of aromatic nitrogens is 2. The molecule has 1 aliphatic rings. The molecule has 106 valence electrons. The number of rotatable bonds is 7. The monoisotopic (exact) mass is 265 g/mol. The molecule has 5 heteroatoms. The van der Waals surface area contributed by atoms with Crippen LogP contribution < -0.4 is 5.32 Å². The molecule has 0 bridgehead atoms. The normalized spacial score (nSPS) is 14.7. The molecule has 2 rings (SSSR count). The molecule has 0 amide bonds. The number of nitrogens with zero attached hydrogens (tertiary/aromatic N) is 2. The van der Waals surface area contributed by atoms with E-state index >= 15 is 0 Å². The molecular formula is C14H23N3O2. The smallest absolute Gasteiger partial charge is 0.305 e. The summed E-state index contributed by atoms with van der Waals surface area (Å²) in [7, 11) is 1.42. The van der Waals surface area contributed by atoms with E-state index in [1.807, 2.05) is 11.6 Å². The zero-order valence-electron chi connectivity index (χ0n) is 12.0. The second-order valence-electron chi connectivity index (χ2n) is 5.21. The van der Waals surface area contributed by atoms with Crippen LogP contribution in [0.2, 0.25) is 0 Å². The predicted molar refractivity (Wildman–Crippen MR) is 72.8 cm³/mol. The molecule has 1 aromatic rings. The number of carbonyl (C=O) groups is 1. The third-order valence-electron chi connectivity index (χ3n) is 3.65. The molecule has 19 heavy (non-hydrogen) atoms. The fourth-order valence-corrected chi connectivity index (χ4v) is 2.22. The highest BCUT2D eigenvalue weighted by molar-refractivity contribution is 5.68. The van der Waals surface area contributed by atoms with Gasteiger partial charge in [-0.05, 0) is 33.1 Å². The lowest BCUT2D eigenvalue weighted by Gasteiger charge is -2.06. The molecule has 0 aliphatic heterocycles. The Labute approximate surface area is 114 Å². The summed E-state index contributed by atoms with van der Waals surface area (Å²) in [6.45, 7) is 5.82. The Hall–Kier alpha value is -1.36. The first-order chi connectivity index (χ1) is 9.11. The molecule has 0 atom stereocenters. The summed E-state index contributed by atoms with van der Waals surface area (Å²) in [6, 6.07) is 0.710. The minimum Gasteiger partial charge on any atom is -0.469 e. The van der Waals surface area contributed by atoms with Gasteiger partial charge in [0.15, 0.2) is 0 Å². The third-order valence-corrected chi connectivity index (χ3v) is 3.65. The lowest BCUT2D eigenvalue weighted by molar-refractivity contribution is -0.140. The van der Waals surface area contributed by atoms with E-state index in [2.05, 4.69) is 22.1 Å². The van der Waals surface area contributed by atoms with Gasteiger partial charge in [-0.2, -0.15) is 5.10 Å². The molecule has 1 saturated carbocycles. The lowest BCUT2D eigenvalue weighted by atomic mass is 10.2. The number of hydrogen-bond acceptors (Lipinski definition) is 4. The van der Waals surface area contributed by atoms with Gasteiger partial charge in [-0.1, -0.05) is 0 Å². The molecule has 1 aromatic heterocycles. The maximum absolute atomic E-state index is 11.1. The second kappa shape index (κ2) is 6.19. The number of hydrogen-bond donors (Lipinski definition) is 1. The van der Waals surface area contributed by atoms with E-state index in [4.69, 9.17) is 0 Å². The molecule has 1 heterocycles. The van der Waals surface area contributed by atoms with Gasteiger partial charge in [-0.3, -0.25) is 9.48 Å². The zero-order valence-corrected chi connectivity index (χ0v) is 12.0. The SMILES string of the molecule is COC(=O)CCCn1nc(C)c(CNC2CC2)c1C. The van der Waals surface area contributed by atoms with Crippen LogP contribution >= 0.6 is 0 Å². The molecule has 0 saturated heterocycles. The highest BCUT2D eigenvalue weighted by Crippen LogP contribution is 2.21.